The number of aryl methyl sites for hydroxylation is 2. The first-order valence-corrected chi connectivity index (χ1v) is 6.56. The maximum Gasteiger partial charge on any atom is 0.167 e. The molecular weight excluding hydrogens is 256 g/mol. The zero-order chi connectivity index (χ0) is 14.7. The Bertz CT molecular complexity index is 684. The van der Waals surface area contributed by atoms with Crippen LogP contribution in [0.25, 0.3) is 11.1 Å². The Labute approximate surface area is 117 Å². The van der Waals surface area contributed by atoms with Gasteiger partial charge in [0.1, 0.15) is 0 Å². The van der Waals surface area contributed by atoms with E-state index in [4.69, 9.17) is 5.26 Å². The van der Waals surface area contributed by atoms with Crippen molar-refractivity contribution in [2.75, 3.05) is 0 Å². The fourth-order valence-corrected chi connectivity index (χ4v) is 2.29. The van der Waals surface area contributed by atoms with Gasteiger partial charge in [0.25, 0.3) is 0 Å². The molecule has 0 N–H and O–H groups in total. The topological polar surface area (TPSA) is 23.8 Å². The molecule has 0 unspecified atom stereocenters. The lowest BCUT2D eigenvalue weighted by Crippen LogP contribution is -1.97. The molecule has 0 aromatic heterocycles. The summed E-state index contributed by atoms with van der Waals surface area (Å²) in [4.78, 5) is 0. The van der Waals surface area contributed by atoms with Crippen molar-refractivity contribution >= 4 is 0 Å². The van der Waals surface area contributed by atoms with E-state index in [2.05, 4.69) is 6.92 Å². The normalized spacial score (nSPS) is 10.3. The quantitative estimate of drug-likeness (QED) is 0.789. The van der Waals surface area contributed by atoms with Gasteiger partial charge in [0.2, 0.25) is 0 Å². The number of nitriles is 1. The molecule has 0 spiro atoms. The van der Waals surface area contributed by atoms with Crippen molar-refractivity contribution < 1.29 is 8.78 Å². The van der Waals surface area contributed by atoms with Crippen LogP contribution in [0.4, 0.5) is 8.78 Å². The van der Waals surface area contributed by atoms with Gasteiger partial charge in [0, 0.05) is 5.56 Å². The number of nitrogens with zero attached hydrogens (tertiary/aromatic N) is 1. The van der Waals surface area contributed by atoms with Gasteiger partial charge in [-0.2, -0.15) is 5.26 Å². The molecule has 0 heterocycles. The summed E-state index contributed by atoms with van der Waals surface area (Å²) in [6.07, 6.45) is 1.84. The third-order valence-electron chi connectivity index (χ3n) is 3.33. The summed E-state index contributed by atoms with van der Waals surface area (Å²) in [7, 11) is 0. The van der Waals surface area contributed by atoms with Crippen LogP contribution in [-0.2, 0) is 6.42 Å². The summed E-state index contributed by atoms with van der Waals surface area (Å²) in [5.74, 6) is -1.89. The lowest BCUT2D eigenvalue weighted by molar-refractivity contribution is 0.511. The van der Waals surface area contributed by atoms with Crippen LogP contribution in [0.15, 0.2) is 30.3 Å². The standard InChI is InChI=1S/C17H15F2N/c1-3-4-12-6-5-11(2)14(9-12)16-13(10-20)7-8-15(18)17(16)19/h5-9H,3-4H2,1-2H3. The Morgan fingerprint density at radius 3 is 2.55 bits per heavy atom. The Morgan fingerprint density at radius 1 is 1.15 bits per heavy atom. The molecule has 0 radical (unpaired) electrons. The summed E-state index contributed by atoms with van der Waals surface area (Å²) in [6, 6.07) is 9.95. The van der Waals surface area contributed by atoms with Crippen molar-refractivity contribution in [1.29, 1.82) is 5.26 Å². The zero-order valence-electron chi connectivity index (χ0n) is 11.5. The van der Waals surface area contributed by atoms with Gasteiger partial charge in [-0.3, -0.25) is 0 Å². The van der Waals surface area contributed by atoms with Crippen molar-refractivity contribution in [1.82, 2.24) is 0 Å². The van der Waals surface area contributed by atoms with E-state index < -0.39 is 11.6 Å². The molecule has 0 bridgehead atoms. The van der Waals surface area contributed by atoms with Crippen molar-refractivity contribution in [3.63, 3.8) is 0 Å². The molecule has 2 aromatic rings. The largest absolute Gasteiger partial charge is 0.204 e. The van der Waals surface area contributed by atoms with Gasteiger partial charge in [0.15, 0.2) is 11.6 Å². The van der Waals surface area contributed by atoms with Crippen molar-refractivity contribution in [3.8, 4) is 17.2 Å². The van der Waals surface area contributed by atoms with E-state index in [1.54, 1.807) is 0 Å². The molecule has 20 heavy (non-hydrogen) atoms. The van der Waals surface area contributed by atoms with Crippen LogP contribution in [0.1, 0.15) is 30.0 Å². The fraction of sp³-hybridized carbons (Fsp3) is 0.235. The number of hydrogen-bond donors (Lipinski definition) is 0. The van der Waals surface area contributed by atoms with Crippen LogP contribution in [0, 0.1) is 29.9 Å². The van der Waals surface area contributed by atoms with E-state index in [1.807, 2.05) is 31.2 Å². The van der Waals surface area contributed by atoms with Gasteiger partial charge in [-0.1, -0.05) is 31.5 Å². The van der Waals surface area contributed by atoms with E-state index in [1.165, 1.54) is 6.07 Å². The predicted molar refractivity (Wildman–Crippen MR) is 75.2 cm³/mol. The van der Waals surface area contributed by atoms with E-state index in [-0.39, 0.29) is 11.1 Å². The molecular formula is C17H15F2N. The van der Waals surface area contributed by atoms with Gasteiger partial charge in [-0.15, -0.1) is 0 Å². The van der Waals surface area contributed by atoms with Crippen LogP contribution in [0.2, 0.25) is 0 Å². The van der Waals surface area contributed by atoms with E-state index in [9.17, 15) is 8.78 Å². The summed E-state index contributed by atoms with van der Waals surface area (Å²) in [5.41, 5.74) is 2.68. The minimum Gasteiger partial charge on any atom is -0.204 e. The van der Waals surface area contributed by atoms with Crippen LogP contribution >= 0.6 is 0 Å². The third-order valence-corrected chi connectivity index (χ3v) is 3.33. The Morgan fingerprint density at radius 2 is 1.90 bits per heavy atom. The van der Waals surface area contributed by atoms with Gasteiger partial charge in [0.05, 0.1) is 11.6 Å². The highest BCUT2D eigenvalue weighted by atomic mass is 19.2. The molecule has 3 heteroatoms. The van der Waals surface area contributed by atoms with Crippen molar-refractivity contribution in [2.24, 2.45) is 0 Å². The number of halogens is 2. The summed E-state index contributed by atoms with van der Waals surface area (Å²) in [5, 5.41) is 9.12. The highest BCUT2D eigenvalue weighted by molar-refractivity contribution is 5.74. The molecule has 0 aliphatic carbocycles. The average Bonchev–Trinajstić information content (AvgIpc) is 2.44. The molecule has 1 nitrogen and oxygen atoms in total. The molecule has 0 saturated carbocycles. The SMILES string of the molecule is CCCc1ccc(C)c(-c2c(C#N)ccc(F)c2F)c1. The molecule has 2 aromatic carbocycles. The highest BCUT2D eigenvalue weighted by Crippen LogP contribution is 2.31. The first-order chi connectivity index (χ1) is 9.58. The monoisotopic (exact) mass is 271 g/mol. The number of hydrogen-bond acceptors (Lipinski definition) is 1. The second-order valence-corrected chi connectivity index (χ2v) is 4.80. The Hall–Kier alpha value is -2.21. The van der Waals surface area contributed by atoms with Crippen LogP contribution < -0.4 is 0 Å². The van der Waals surface area contributed by atoms with Gasteiger partial charge in [-0.25, -0.2) is 8.78 Å². The molecule has 0 fully saturated rings. The van der Waals surface area contributed by atoms with Crippen LogP contribution in [0.3, 0.4) is 0 Å². The van der Waals surface area contributed by atoms with Gasteiger partial charge >= 0.3 is 0 Å². The fourth-order valence-electron chi connectivity index (χ4n) is 2.29. The first kappa shape index (κ1) is 14.2. The number of benzene rings is 2. The predicted octanol–water partition coefficient (Wildman–Crippen LogP) is 4.76. The molecule has 0 saturated heterocycles. The average molecular weight is 271 g/mol. The lowest BCUT2D eigenvalue weighted by atomic mass is 9.93. The summed E-state index contributed by atoms with van der Waals surface area (Å²) >= 11 is 0. The molecule has 0 atom stereocenters. The Kier molecular flexibility index (Phi) is 4.14. The molecule has 0 aliphatic rings. The van der Waals surface area contributed by atoms with Crippen LogP contribution in [0.5, 0.6) is 0 Å². The van der Waals surface area contributed by atoms with E-state index in [0.29, 0.717) is 5.56 Å². The van der Waals surface area contributed by atoms with E-state index in [0.717, 1.165) is 30.0 Å². The minimum atomic E-state index is -0.958. The highest BCUT2D eigenvalue weighted by Gasteiger charge is 2.17. The first-order valence-electron chi connectivity index (χ1n) is 6.56. The summed E-state index contributed by atoms with van der Waals surface area (Å²) in [6.45, 7) is 3.89. The minimum absolute atomic E-state index is 0.0583. The smallest absolute Gasteiger partial charge is 0.167 e. The maximum atomic E-state index is 14.1. The maximum absolute atomic E-state index is 14.1. The molecule has 0 aliphatic heterocycles. The Balaban J connectivity index is 2.71. The van der Waals surface area contributed by atoms with Crippen molar-refractivity contribution in [2.45, 2.75) is 26.7 Å². The van der Waals surface area contributed by atoms with Crippen LogP contribution in [-0.4, -0.2) is 0 Å². The molecule has 102 valence electrons. The zero-order valence-corrected chi connectivity index (χ0v) is 11.5. The number of rotatable bonds is 3. The van der Waals surface area contributed by atoms with Gasteiger partial charge < -0.3 is 0 Å². The van der Waals surface area contributed by atoms with E-state index >= 15 is 0 Å². The lowest BCUT2D eigenvalue weighted by Gasteiger charge is -2.12. The molecule has 0 amide bonds. The second-order valence-electron chi connectivity index (χ2n) is 4.80. The molecule has 2 rings (SSSR count). The van der Waals surface area contributed by atoms with Gasteiger partial charge in [-0.05, 0) is 42.2 Å². The summed E-state index contributed by atoms with van der Waals surface area (Å²) < 4.78 is 27.6. The third kappa shape index (κ3) is 2.55. The van der Waals surface area contributed by atoms with Crippen molar-refractivity contribution in [3.05, 3.63) is 58.7 Å². The second kappa shape index (κ2) is 5.83.